The molecule has 0 aliphatic heterocycles. The minimum Gasteiger partial charge on any atom is -0.496 e. The lowest BCUT2D eigenvalue weighted by atomic mass is 10.0. The topological polar surface area (TPSA) is 57.1 Å². The number of aryl methyl sites for hydroxylation is 1. The molecule has 3 N–H and O–H groups in total. The van der Waals surface area contributed by atoms with E-state index < -0.39 is 0 Å². The van der Waals surface area contributed by atoms with Crippen LogP contribution >= 0.6 is 0 Å². The predicted molar refractivity (Wildman–Crippen MR) is 154 cm³/mol. The van der Waals surface area contributed by atoms with Crippen LogP contribution in [0.2, 0.25) is 0 Å². The van der Waals surface area contributed by atoms with Crippen molar-refractivity contribution in [2.75, 3.05) is 25.5 Å². The Morgan fingerprint density at radius 3 is 2.22 bits per heavy atom. The van der Waals surface area contributed by atoms with Crippen molar-refractivity contribution in [3.05, 3.63) is 70.2 Å². The Labute approximate surface area is 219 Å². The third-order valence-electron chi connectivity index (χ3n) is 6.39. The fourth-order valence-corrected chi connectivity index (χ4v) is 4.28. The van der Waals surface area contributed by atoms with Crippen molar-refractivity contribution in [1.29, 1.82) is 5.41 Å². The molecule has 2 aromatic rings. The molecule has 2 aromatic carbocycles. The van der Waals surface area contributed by atoms with E-state index in [1.807, 2.05) is 6.07 Å². The van der Waals surface area contributed by atoms with Gasteiger partial charge in [-0.15, -0.1) is 0 Å². The SMILES string of the molecule is C=N.CCCCCCNCCCC.CCc1cc2c(cc1OC)C/C(=C(/C)Nc1cccc(F)c1)C2. The summed E-state index contributed by atoms with van der Waals surface area (Å²) in [5.74, 6) is 0.753. The molecule has 36 heavy (non-hydrogen) atoms. The predicted octanol–water partition coefficient (Wildman–Crippen LogP) is 8.10. The zero-order chi connectivity index (χ0) is 26.8. The Kier molecular flexibility index (Phi) is 16.2. The van der Waals surface area contributed by atoms with Gasteiger partial charge in [0.2, 0.25) is 0 Å². The summed E-state index contributed by atoms with van der Waals surface area (Å²) < 4.78 is 18.8. The number of halogens is 1. The van der Waals surface area contributed by atoms with Gasteiger partial charge >= 0.3 is 0 Å². The molecule has 0 saturated heterocycles. The van der Waals surface area contributed by atoms with E-state index in [2.05, 4.69) is 57.2 Å². The minimum atomic E-state index is -0.222. The number of rotatable bonds is 12. The van der Waals surface area contributed by atoms with E-state index in [0.29, 0.717) is 0 Å². The first-order chi connectivity index (χ1) is 17.5. The highest BCUT2D eigenvalue weighted by Crippen LogP contribution is 2.34. The van der Waals surface area contributed by atoms with E-state index >= 15 is 0 Å². The van der Waals surface area contributed by atoms with Crippen LogP contribution in [0.15, 0.2) is 47.7 Å². The van der Waals surface area contributed by atoms with Crippen molar-refractivity contribution in [1.82, 2.24) is 5.32 Å². The van der Waals surface area contributed by atoms with E-state index in [9.17, 15) is 4.39 Å². The summed E-state index contributed by atoms with van der Waals surface area (Å²) in [4.78, 5) is 0. The summed E-state index contributed by atoms with van der Waals surface area (Å²) in [6, 6.07) is 11.0. The standard InChI is InChI=1S/C20H22FNO.C10H23N.CH3N/c1-4-14-8-16-9-15(10-17(16)11-20(14)23-3)13(2)22-19-7-5-6-18(21)12-19;1-3-5-7-8-10-11-9-6-4-2;1-2/h5-8,11-12,22H,4,9-10H2,1-3H3;11H,3-10H2,1-2H3;2H,1H2/b15-13-;;. The van der Waals surface area contributed by atoms with Gasteiger partial charge in [0.15, 0.2) is 0 Å². The van der Waals surface area contributed by atoms with Crippen LogP contribution in [-0.4, -0.2) is 26.9 Å². The van der Waals surface area contributed by atoms with Crippen molar-refractivity contribution in [2.45, 2.75) is 85.5 Å². The Morgan fingerprint density at radius 2 is 1.61 bits per heavy atom. The van der Waals surface area contributed by atoms with Gasteiger partial charge in [0.25, 0.3) is 0 Å². The second-order valence-corrected chi connectivity index (χ2v) is 9.17. The van der Waals surface area contributed by atoms with Gasteiger partial charge in [0.1, 0.15) is 11.6 Å². The maximum absolute atomic E-state index is 13.3. The molecule has 0 saturated carbocycles. The molecule has 1 aliphatic rings. The molecule has 0 bridgehead atoms. The number of allylic oxidation sites excluding steroid dienone is 2. The summed E-state index contributed by atoms with van der Waals surface area (Å²) in [6.07, 6.45) is 11.0. The van der Waals surface area contributed by atoms with Crippen LogP contribution in [0.3, 0.4) is 0 Å². The van der Waals surface area contributed by atoms with Gasteiger partial charge in [-0.25, -0.2) is 4.39 Å². The highest BCUT2D eigenvalue weighted by atomic mass is 19.1. The van der Waals surface area contributed by atoms with Crippen molar-refractivity contribution in [2.24, 2.45) is 0 Å². The number of hydrogen-bond acceptors (Lipinski definition) is 4. The molecule has 0 spiro atoms. The number of nitrogens with one attached hydrogen (secondary N) is 3. The normalized spacial score (nSPS) is 13.1. The Bertz CT molecular complexity index is 883. The van der Waals surface area contributed by atoms with Crippen LogP contribution in [0.5, 0.6) is 5.75 Å². The first-order valence-corrected chi connectivity index (χ1v) is 13.5. The molecule has 5 heteroatoms. The largest absolute Gasteiger partial charge is 0.496 e. The van der Waals surface area contributed by atoms with Gasteiger partial charge in [0.05, 0.1) is 7.11 Å². The van der Waals surface area contributed by atoms with Gasteiger partial charge in [0, 0.05) is 11.4 Å². The van der Waals surface area contributed by atoms with Crippen LogP contribution in [0.25, 0.3) is 0 Å². The molecular formula is C31H48FN3O. The van der Waals surface area contributed by atoms with E-state index in [0.717, 1.165) is 36.4 Å². The first kappa shape index (κ1) is 31.4. The smallest absolute Gasteiger partial charge is 0.125 e. The fourth-order valence-electron chi connectivity index (χ4n) is 4.28. The molecule has 1 aliphatic carbocycles. The van der Waals surface area contributed by atoms with Crippen LogP contribution in [0.1, 0.15) is 82.9 Å². The molecule has 0 atom stereocenters. The highest BCUT2D eigenvalue weighted by Gasteiger charge is 2.20. The summed E-state index contributed by atoms with van der Waals surface area (Å²) >= 11 is 0. The molecular weight excluding hydrogens is 449 g/mol. The fraction of sp³-hybridized carbons (Fsp3) is 0.516. The zero-order valence-electron chi connectivity index (χ0n) is 23.2. The van der Waals surface area contributed by atoms with Crippen LogP contribution in [-0.2, 0) is 19.3 Å². The molecule has 0 fully saturated rings. The summed E-state index contributed by atoms with van der Waals surface area (Å²) in [6.45, 7) is 13.6. The quantitative estimate of drug-likeness (QED) is 0.205. The van der Waals surface area contributed by atoms with E-state index in [1.165, 1.54) is 86.0 Å². The number of methoxy groups -OCH3 is 1. The lowest BCUT2D eigenvalue weighted by Crippen LogP contribution is -2.16. The first-order valence-electron chi connectivity index (χ1n) is 13.5. The molecule has 200 valence electrons. The van der Waals surface area contributed by atoms with Crippen LogP contribution < -0.4 is 15.4 Å². The maximum Gasteiger partial charge on any atom is 0.125 e. The third kappa shape index (κ3) is 10.9. The van der Waals surface area contributed by atoms with E-state index in [1.54, 1.807) is 13.2 Å². The van der Waals surface area contributed by atoms with Crippen LogP contribution in [0, 0.1) is 11.2 Å². The molecule has 0 heterocycles. The third-order valence-corrected chi connectivity index (χ3v) is 6.39. The second-order valence-electron chi connectivity index (χ2n) is 9.17. The molecule has 0 radical (unpaired) electrons. The minimum absolute atomic E-state index is 0.222. The molecule has 3 rings (SSSR count). The lowest BCUT2D eigenvalue weighted by molar-refractivity contribution is 0.409. The van der Waals surface area contributed by atoms with Crippen LogP contribution in [0.4, 0.5) is 10.1 Å². The van der Waals surface area contributed by atoms with Crippen molar-refractivity contribution < 1.29 is 9.13 Å². The molecule has 4 nitrogen and oxygen atoms in total. The highest BCUT2D eigenvalue weighted by molar-refractivity contribution is 5.54. The number of hydrogen-bond donors (Lipinski definition) is 3. The Balaban J connectivity index is 0.000000423. The molecule has 0 amide bonds. The van der Waals surface area contributed by atoms with Gasteiger partial charge in [-0.2, -0.15) is 0 Å². The van der Waals surface area contributed by atoms with Gasteiger partial charge in [-0.1, -0.05) is 58.6 Å². The van der Waals surface area contributed by atoms with Crippen molar-refractivity contribution in [3.8, 4) is 5.75 Å². The zero-order valence-corrected chi connectivity index (χ0v) is 23.2. The lowest BCUT2D eigenvalue weighted by Gasteiger charge is -2.10. The van der Waals surface area contributed by atoms with Crippen molar-refractivity contribution in [3.63, 3.8) is 0 Å². The number of ether oxygens (including phenoxy) is 1. The van der Waals surface area contributed by atoms with E-state index in [-0.39, 0.29) is 5.82 Å². The number of anilines is 1. The Morgan fingerprint density at radius 1 is 0.944 bits per heavy atom. The number of unbranched alkanes of at least 4 members (excludes halogenated alkanes) is 4. The van der Waals surface area contributed by atoms with Gasteiger partial charge in [-0.05, 0) is 105 Å². The summed E-state index contributed by atoms with van der Waals surface area (Å²) in [5.41, 5.74) is 7.19. The van der Waals surface area contributed by atoms with Crippen molar-refractivity contribution >= 4 is 12.4 Å². The van der Waals surface area contributed by atoms with E-state index in [4.69, 9.17) is 10.1 Å². The Hall–Kier alpha value is -2.66. The van der Waals surface area contributed by atoms with Gasteiger partial charge < -0.3 is 20.8 Å². The average Bonchev–Trinajstić information content (AvgIpc) is 3.32. The average molecular weight is 498 g/mol. The maximum atomic E-state index is 13.3. The molecule has 0 unspecified atom stereocenters. The monoisotopic (exact) mass is 497 g/mol. The summed E-state index contributed by atoms with van der Waals surface area (Å²) in [7, 11) is 1.73. The second kappa shape index (κ2) is 18.6. The number of benzene rings is 2. The molecule has 0 aromatic heterocycles. The summed E-state index contributed by atoms with van der Waals surface area (Å²) in [5, 5.41) is 12.3. The number of fused-ring (bicyclic) bond motifs is 1. The van der Waals surface area contributed by atoms with Gasteiger partial charge in [-0.3, -0.25) is 0 Å².